The van der Waals surface area contributed by atoms with E-state index in [0.717, 1.165) is 15.6 Å². The summed E-state index contributed by atoms with van der Waals surface area (Å²) in [5.41, 5.74) is 0.926. The average Bonchev–Trinajstić information content (AvgIpc) is 2.44. The van der Waals surface area contributed by atoms with E-state index in [1.807, 2.05) is 13.8 Å². The molecular weight excluding hydrogens is 234 g/mol. The Morgan fingerprint density at radius 2 is 2.20 bits per heavy atom. The summed E-state index contributed by atoms with van der Waals surface area (Å²) in [4.78, 5) is 15.9. The monoisotopic (exact) mass is 247 g/mol. The summed E-state index contributed by atoms with van der Waals surface area (Å²) < 4.78 is 11.6. The van der Waals surface area contributed by atoms with Crippen molar-refractivity contribution in [3.63, 3.8) is 0 Å². The Morgan fingerprint density at radius 1 is 1.60 bits per heavy atom. The summed E-state index contributed by atoms with van der Waals surface area (Å²) in [5, 5.41) is 8.59. The van der Waals surface area contributed by atoms with E-state index >= 15 is 0 Å². The fraction of sp³-hybridized carbons (Fsp3) is 0.556. The van der Waals surface area contributed by atoms with E-state index < -0.39 is 22.0 Å². The van der Waals surface area contributed by atoms with Crippen molar-refractivity contribution in [2.75, 3.05) is 0 Å². The Kier molecular flexibility index (Phi) is 3.98. The molecular formula is C9H13NO3S2. The normalized spacial score (nSPS) is 14.9. The molecule has 1 heterocycles. The summed E-state index contributed by atoms with van der Waals surface area (Å²) in [7, 11) is -1.39. The fourth-order valence-electron chi connectivity index (χ4n) is 0.960. The van der Waals surface area contributed by atoms with E-state index in [1.165, 1.54) is 18.3 Å². The summed E-state index contributed by atoms with van der Waals surface area (Å²) in [6, 6.07) is 0. The molecule has 0 saturated carbocycles. The van der Waals surface area contributed by atoms with Gasteiger partial charge in [0.25, 0.3) is 0 Å². The van der Waals surface area contributed by atoms with Crippen LogP contribution in [0.15, 0.2) is 0 Å². The zero-order valence-corrected chi connectivity index (χ0v) is 10.4. The first-order valence-corrected chi connectivity index (χ1v) is 6.64. The van der Waals surface area contributed by atoms with Crippen molar-refractivity contribution < 1.29 is 14.1 Å². The first kappa shape index (κ1) is 12.3. The molecule has 1 N–H and O–H groups in total. The third kappa shape index (κ3) is 3.10. The van der Waals surface area contributed by atoms with Gasteiger partial charge in [-0.15, -0.1) is 11.3 Å². The highest BCUT2D eigenvalue weighted by atomic mass is 32.2. The Bertz CT molecular complexity index is 381. The Balaban J connectivity index is 2.70. The number of rotatable bonds is 4. The predicted molar refractivity (Wildman–Crippen MR) is 60.5 cm³/mol. The number of aryl methyl sites for hydroxylation is 2. The molecule has 0 aromatic carbocycles. The van der Waals surface area contributed by atoms with Crippen LogP contribution in [0.1, 0.15) is 22.5 Å². The Hall–Kier alpha value is -0.750. The molecule has 0 bridgehead atoms. The molecule has 1 aromatic heterocycles. The lowest BCUT2D eigenvalue weighted by Crippen LogP contribution is -2.22. The molecule has 84 valence electrons. The van der Waals surface area contributed by atoms with Crippen molar-refractivity contribution in [2.24, 2.45) is 0 Å². The highest BCUT2D eigenvalue weighted by molar-refractivity contribution is 7.85. The second-order valence-corrected chi connectivity index (χ2v) is 6.30. The van der Waals surface area contributed by atoms with Gasteiger partial charge in [-0.25, -0.2) is 4.98 Å². The number of hydrogen-bond donors (Lipinski definition) is 1. The molecule has 4 nitrogen and oxygen atoms in total. The van der Waals surface area contributed by atoms with Gasteiger partial charge >= 0.3 is 5.97 Å². The quantitative estimate of drug-likeness (QED) is 0.875. The number of carboxylic acid groups (broad SMARTS) is 1. The third-order valence-corrected chi connectivity index (χ3v) is 4.88. The van der Waals surface area contributed by atoms with Gasteiger partial charge in [0.2, 0.25) is 0 Å². The summed E-state index contributed by atoms with van der Waals surface area (Å²) in [6.07, 6.45) is 0. The van der Waals surface area contributed by atoms with Gasteiger partial charge in [-0.2, -0.15) is 0 Å². The minimum atomic E-state index is -1.39. The lowest BCUT2D eigenvalue weighted by Gasteiger charge is -2.03. The molecule has 1 rings (SSSR count). The highest BCUT2D eigenvalue weighted by Crippen LogP contribution is 2.18. The first-order valence-electron chi connectivity index (χ1n) is 4.44. The summed E-state index contributed by atoms with van der Waals surface area (Å²) in [6.45, 7) is 5.28. The van der Waals surface area contributed by atoms with Gasteiger partial charge in [0.1, 0.15) is 10.3 Å². The van der Waals surface area contributed by atoms with Crippen LogP contribution < -0.4 is 0 Å². The number of carbonyl (C=O) groups is 1. The SMILES string of the molecule is Cc1nc(CS(=O)C(C)C(=O)O)sc1C. The fourth-order valence-corrected chi connectivity index (χ4v) is 3.06. The van der Waals surface area contributed by atoms with Crippen molar-refractivity contribution in [3.8, 4) is 0 Å². The highest BCUT2D eigenvalue weighted by Gasteiger charge is 2.20. The maximum absolute atomic E-state index is 11.6. The van der Waals surface area contributed by atoms with E-state index in [4.69, 9.17) is 5.11 Å². The van der Waals surface area contributed by atoms with Crippen LogP contribution in [0.25, 0.3) is 0 Å². The van der Waals surface area contributed by atoms with Crippen LogP contribution in [-0.2, 0) is 21.3 Å². The molecule has 0 fully saturated rings. The van der Waals surface area contributed by atoms with E-state index in [9.17, 15) is 9.00 Å². The molecule has 0 saturated heterocycles. The molecule has 0 aliphatic rings. The van der Waals surface area contributed by atoms with Crippen LogP contribution in [0.5, 0.6) is 0 Å². The third-order valence-electron chi connectivity index (χ3n) is 2.08. The van der Waals surface area contributed by atoms with Gasteiger partial charge in [0, 0.05) is 15.7 Å². The van der Waals surface area contributed by atoms with E-state index in [1.54, 1.807) is 0 Å². The maximum atomic E-state index is 11.6. The van der Waals surface area contributed by atoms with Gasteiger partial charge in [0.15, 0.2) is 0 Å². The second kappa shape index (κ2) is 4.85. The van der Waals surface area contributed by atoms with Crippen LogP contribution in [0.2, 0.25) is 0 Å². The minimum absolute atomic E-state index is 0.229. The molecule has 0 radical (unpaired) electrons. The van der Waals surface area contributed by atoms with Crippen molar-refractivity contribution in [1.82, 2.24) is 4.98 Å². The largest absolute Gasteiger partial charge is 0.480 e. The molecule has 2 unspecified atom stereocenters. The molecule has 15 heavy (non-hydrogen) atoms. The molecule has 6 heteroatoms. The maximum Gasteiger partial charge on any atom is 0.318 e. The van der Waals surface area contributed by atoms with Gasteiger partial charge in [-0.3, -0.25) is 9.00 Å². The molecule has 0 aliphatic heterocycles. The standard InChI is InChI=1S/C9H13NO3S2/c1-5-6(2)14-8(10-5)4-15(13)7(3)9(11)12/h7H,4H2,1-3H3,(H,11,12). The number of hydrogen-bond acceptors (Lipinski definition) is 4. The topological polar surface area (TPSA) is 67.3 Å². The lowest BCUT2D eigenvalue weighted by molar-refractivity contribution is -0.136. The van der Waals surface area contributed by atoms with E-state index in [0.29, 0.717) is 0 Å². The van der Waals surface area contributed by atoms with Crippen LogP contribution in [0.4, 0.5) is 0 Å². The smallest absolute Gasteiger partial charge is 0.318 e. The predicted octanol–water partition coefficient (Wildman–Crippen LogP) is 1.48. The van der Waals surface area contributed by atoms with E-state index in [2.05, 4.69) is 4.98 Å². The summed E-state index contributed by atoms with van der Waals surface area (Å²) in [5.74, 6) is -0.800. The molecule has 0 amide bonds. The molecule has 0 spiro atoms. The van der Waals surface area contributed by atoms with Crippen molar-refractivity contribution in [3.05, 3.63) is 15.6 Å². The number of nitrogens with zero attached hydrogens (tertiary/aromatic N) is 1. The van der Waals surface area contributed by atoms with Crippen LogP contribution in [0.3, 0.4) is 0 Å². The molecule has 2 atom stereocenters. The number of aliphatic carboxylic acids is 1. The average molecular weight is 247 g/mol. The Morgan fingerprint density at radius 3 is 2.60 bits per heavy atom. The Labute approximate surface area is 94.8 Å². The lowest BCUT2D eigenvalue weighted by atomic mass is 10.4. The van der Waals surface area contributed by atoms with E-state index in [-0.39, 0.29) is 5.75 Å². The number of aromatic nitrogens is 1. The molecule has 1 aromatic rings. The summed E-state index contributed by atoms with van der Waals surface area (Å²) >= 11 is 1.47. The number of thiazole rings is 1. The second-order valence-electron chi connectivity index (χ2n) is 3.25. The van der Waals surface area contributed by atoms with Gasteiger partial charge < -0.3 is 5.11 Å². The van der Waals surface area contributed by atoms with Crippen LogP contribution >= 0.6 is 11.3 Å². The zero-order chi connectivity index (χ0) is 11.6. The van der Waals surface area contributed by atoms with Crippen LogP contribution in [0, 0.1) is 13.8 Å². The van der Waals surface area contributed by atoms with Crippen molar-refractivity contribution in [1.29, 1.82) is 0 Å². The number of carboxylic acids is 1. The van der Waals surface area contributed by atoms with Gasteiger partial charge in [-0.05, 0) is 20.8 Å². The van der Waals surface area contributed by atoms with Gasteiger partial charge in [-0.1, -0.05) is 0 Å². The first-order chi connectivity index (χ1) is 6.91. The van der Waals surface area contributed by atoms with Crippen molar-refractivity contribution >= 4 is 28.1 Å². The van der Waals surface area contributed by atoms with Gasteiger partial charge in [0.05, 0.1) is 11.4 Å². The van der Waals surface area contributed by atoms with Crippen molar-refractivity contribution in [2.45, 2.75) is 31.8 Å². The molecule has 0 aliphatic carbocycles. The minimum Gasteiger partial charge on any atom is -0.480 e. The van der Waals surface area contributed by atoms with Crippen LogP contribution in [-0.4, -0.2) is 25.5 Å². The zero-order valence-electron chi connectivity index (χ0n) is 8.81.